The molecule has 2 aromatic carbocycles. The number of rotatable bonds is 9. The Kier molecular flexibility index (Phi) is 8.68. The van der Waals surface area contributed by atoms with Crippen molar-refractivity contribution in [3.63, 3.8) is 0 Å². The lowest BCUT2D eigenvalue weighted by molar-refractivity contribution is -0.129. The summed E-state index contributed by atoms with van der Waals surface area (Å²) in [5.41, 5.74) is 2.34. The van der Waals surface area contributed by atoms with Crippen LogP contribution in [0.2, 0.25) is 5.02 Å². The summed E-state index contributed by atoms with van der Waals surface area (Å²) in [6.45, 7) is 3.62. The maximum Gasteiger partial charge on any atom is 0.243 e. The highest BCUT2D eigenvalue weighted by Gasteiger charge is 2.20. The molecule has 0 aliphatic rings. The average molecular weight is 416 g/mol. The van der Waals surface area contributed by atoms with Crippen LogP contribution in [-0.2, 0) is 20.8 Å². The lowest BCUT2D eigenvalue weighted by Crippen LogP contribution is -2.48. The van der Waals surface area contributed by atoms with Crippen molar-refractivity contribution in [3.8, 4) is 0 Å². The molecule has 0 radical (unpaired) electrons. The minimum atomic E-state index is -0.688. The van der Waals surface area contributed by atoms with E-state index in [1.54, 1.807) is 12.1 Å². The predicted molar refractivity (Wildman–Crippen MR) is 115 cm³/mol. The van der Waals surface area contributed by atoms with E-state index in [0.717, 1.165) is 17.5 Å². The third kappa shape index (κ3) is 7.58. The summed E-state index contributed by atoms with van der Waals surface area (Å²) < 4.78 is 0. The molecule has 0 aliphatic heterocycles. The van der Waals surface area contributed by atoms with Crippen molar-refractivity contribution in [2.75, 3.05) is 11.9 Å². The fourth-order valence-corrected chi connectivity index (χ4v) is 3.07. The van der Waals surface area contributed by atoms with E-state index in [9.17, 15) is 14.4 Å². The summed E-state index contributed by atoms with van der Waals surface area (Å²) in [6, 6.07) is 13.9. The van der Waals surface area contributed by atoms with E-state index in [4.69, 9.17) is 11.6 Å². The van der Waals surface area contributed by atoms with Gasteiger partial charge < -0.3 is 16.0 Å². The molecule has 0 saturated heterocycles. The molecule has 154 valence electrons. The Morgan fingerprint density at radius 2 is 1.76 bits per heavy atom. The van der Waals surface area contributed by atoms with Crippen molar-refractivity contribution in [1.82, 2.24) is 10.6 Å². The zero-order valence-corrected chi connectivity index (χ0v) is 17.4. The average Bonchev–Trinajstić information content (AvgIpc) is 2.68. The van der Waals surface area contributed by atoms with Gasteiger partial charge in [-0.15, -0.1) is 0 Å². The van der Waals surface area contributed by atoms with Crippen LogP contribution in [0.4, 0.5) is 5.69 Å². The van der Waals surface area contributed by atoms with E-state index in [2.05, 4.69) is 16.0 Å². The Balaban J connectivity index is 1.86. The number of nitrogens with one attached hydrogen (secondary N) is 3. The molecule has 29 heavy (non-hydrogen) atoms. The van der Waals surface area contributed by atoms with Gasteiger partial charge in [-0.25, -0.2) is 0 Å². The summed E-state index contributed by atoms with van der Waals surface area (Å²) in [7, 11) is 0. The lowest BCUT2D eigenvalue weighted by Gasteiger charge is -2.18. The highest BCUT2D eigenvalue weighted by atomic mass is 35.5. The molecule has 0 aromatic heterocycles. The van der Waals surface area contributed by atoms with Crippen LogP contribution in [0, 0.1) is 6.92 Å². The van der Waals surface area contributed by atoms with E-state index in [1.807, 2.05) is 50.2 Å². The first-order valence-electron chi connectivity index (χ1n) is 9.56. The Hall–Kier alpha value is -2.86. The molecule has 0 spiro atoms. The fourth-order valence-electron chi connectivity index (χ4n) is 2.79. The summed E-state index contributed by atoms with van der Waals surface area (Å²) >= 11 is 6.10. The van der Waals surface area contributed by atoms with Crippen LogP contribution >= 0.6 is 11.6 Å². The van der Waals surface area contributed by atoms with Crippen molar-refractivity contribution in [3.05, 3.63) is 64.7 Å². The first kappa shape index (κ1) is 22.4. The fraction of sp³-hybridized carbons (Fsp3) is 0.318. The third-order valence-corrected chi connectivity index (χ3v) is 4.57. The number of aryl methyl sites for hydroxylation is 1. The number of amides is 3. The predicted octanol–water partition coefficient (Wildman–Crippen LogP) is 3.23. The summed E-state index contributed by atoms with van der Waals surface area (Å²) in [5, 5.41) is 8.43. The maximum absolute atomic E-state index is 12.5. The molecule has 1 unspecified atom stereocenters. The van der Waals surface area contributed by atoms with Gasteiger partial charge in [0.05, 0.1) is 23.7 Å². The van der Waals surface area contributed by atoms with Crippen LogP contribution in [-0.4, -0.2) is 30.3 Å². The van der Waals surface area contributed by atoms with Crippen molar-refractivity contribution in [1.29, 1.82) is 0 Å². The topological polar surface area (TPSA) is 87.3 Å². The second-order valence-corrected chi connectivity index (χ2v) is 7.23. The Morgan fingerprint density at radius 1 is 1.03 bits per heavy atom. The van der Waals surface area contributed by atoms with Gasteiger partial charge in [-0.2, -0.15) is 0 Å². The van der Waals surface area contributed by atoms with E-state index in [1.165, 1.54) is 0 Å². The molecule has 3 N–H and O–H groups in total. The molecule has 6 nitrogen and oxygen atoms in total. The van der Waals surface area contributed by atoms with Crippen LogP contribution in [0.5, 0.6) is 0 Å². The number of benzene rings is 2. The number of carbonyl (C=O) groups is 3. The molecule has 0 fully saturated rings. The van der Waals surface area contributed by atoms with Crippen LogP contribution in [0.3, 0.4) is 0 Å². The van der Waals surface area contributed by atoms with Gasteiger partial charge in [-0.05, 0) is 36.6 Å². The van der Waals surface area contributed by atoms with E-state index in [-0.39, 0.29) is 18.9 Å². The third-order valence-electron chi connectivity index (χ3n) is 4.26. The quantitative estimate of drug-likeness (QED) is 0.587. The Morgan fingerprint density at radius 3 is 2.41 bits per heavy atom. The summed E-state index contributed by atoms with van der Waals surface area (Å²) in [4.78, 5) is 36.8. The largest absolute Gasteiger partial charge is 0.345 e. The molecule has 0 aliphatic carbocycles. The van der Waals surface area contributed by atoms with Gasteiger partial charge in [0.25, 0.3) is 0 Å². The number of carbonyl (C=O) groups excluding carboxylic acids is 3. The Bertz CT molecular complexity index is 856. The number of hydrogen-bond acceptors (Lipinski definition) is 3. The minimum absolute atomic E-state index is 0.195. The van der Waals surface area contributed by atoms with Crippen LogP contribution in [0.15, 0.2) is 48.5 Å². The monoisotopic (exact) mass is 415 g/mol. The van der Waals surface area contributed by atoms with Crippen LogP contribution < -0.4 is 16.0 Å². The van der Waals surface area contributed by atoms with Gasteiger partial charge >= 0.3 is 0 Å². The van der Waals surface area contributed by atoms with Gasteiger partial charge in [0, 0.05) is 0 Å². The molecule has 0 heterocycles. The van der Waals surface area contributed by atoms with Gasteiger partial charge in [-0.3, -0.25) is 14.4 Å². The van der Waals surface area contributed by atoms with Gasteiger partial charge in [-0.1, -0.05) is 61.3 Å². The summed E-state index contributed by atoms with van der Waals surface area (Å²) in [5.74, 6) is -1.02. The van der Waals surface area contributed by atoms with Crippen molar-refractivity contribution >= 4 is 35.0 Å². The second-order valence-electron chi connectivity index (χ2n) is 6.82. The molecule has 7 heteroatoms. The highest BCUT2D eigenvalue weighted by molar-refractivity contribution is 6.33. The molecular weight excluding hydrogens is 390 g/mol. The molecule has 0 bridgehead atoms. The van der Waals surface area contributed by atoms with Crippen LogP contribution in [0.1, 0.15) is 30.9 Å². The Labute approximate surface area is 176 Å². The molecule has 1 atom stereocenters. The highest BCUT2D eigenvalue weighted by Crippen LogP contribution is 2.22. The maximum atomic E-state index is 12.5. The zero-order valence-electron chi connectivity index (χ0n) is 16.6. The smallest absolute Gasteiger partial charge is 0.243 e. The standard InChI is InChI=1S/C22H26ClN3O3/c1-3-7-19(26-20(27)13-16-8-5-4-6-9-16)22(29)24-14-21(28)25-18-11-10-15(2)12-17(18)23/h4-6,8-12,19H,3,7,13-14H2,1-2H3,(H,24,29)(H,25,28)(H,26,27). The van der Waals surface area contributed by atoms with Crippen molar-refractivity contribution < 1.29 is 14.4 Å². The molecule has 3 amide bonds. The minimum Gasteiger partial charge on any atom is -0.345 e. The van der Waals surface area contributed by atoms with E-state index < -0.39 is 17.9 Å². The summed E-state index contributed by atoms with van der Waals surface area (Å²) in [6.07, 6.45) is 1.40. The van der Waals surface area contributed by atoms with Gasteiger partial charge in [0.15, 0.2) is 0 Å². The molecular formula is C22H26ClN3O3. The first-order valence-corrected chi connectivity index (χ1v) is 9.93. The van der Waals surface area contributed by atoms with Gasteiger partial charge in [0.2, 0.25) is 17.7 Å². The number of hydrogen-bond donors (Lipinski definition) is 3. The molecule has 2 rings (SSSR count). The van der Waals surface area contributed by atoms with Crippen LogP contribution in [0.25, 0.3) is 0 Å². The normalized spacial score (nSPS) is 11.4. The second kappa shape index (κ2) is 11.2. The number of halogens is 1. The first-order chi connectivity index (χ1) is 13.9. The van der Waals surface area contributed by atoms with Crippen molar-refractivity contribution in [2.45, 2.75) is 39.2 Å². The van der Waals surface area contributed by atoms with E-state index in [0.29, 0.717) is 17.1 Å². The zero-order chi connectivity index (χ0) is 21.2. The lowest BCUT2D eigenvalue weighted by atomic mass is 10.1. The SMILES string of the molecule is CCCC(NC(=O)Cc1ccccc1)C(=O)NCC(=O)Nc1ccc(C)cc1Cl. The molecule has 0 saturated carbocycles. The molecule has 2 aromatic rings. The van der Waals surface area contributed by atoms with E-state index >= 15 is 0 Å². The van der Waals surface area contributed by atoms with Gasteiger partial charge in [0.1, 0.15) is 6.04 Å². The number of anilines is 1. The van der Waals surface area contributed by atoms with Crippen molar-refractivity contribution in [2.24, 2.45) is 0 Å².